The van der Waals surface area contributed by atoms with E-state index in [-0.39, 0.29) is 0 Å². The van der Waals surface area contributed by atoms with Gasteiger partial charge in [-0.15, -0.1) is 0 Å². The molecule has 0 amide bonds. The third-order valence-corrected chi connectivity index (χ3v) is 2.03. The Morgan fingerprint density at radius 1 is 1.62 bits per heavy atom. The molecule has 13 heavy (non-hydrogen) atoms. The fourth-order valence-corrected chi connectivity index (χ4v) is 1.48. The number of pyridine rings is 1. The largest absolute Gasteiger partial charge is 0.319 e. The molecule has 0 aromatic carbocycles. The molecule has 0 aliphatic carbocycles. The van der Waals surface area contributed by atoms with Gasteiger partial charge in [0.05, 0.1) is 12.0 Å². The summed E-state index contributed by atoms with van der Waals surface area (Å²) in [4.78, 5) is 4.34. The van der Waals surface area contributed by atoms with Crippen LogP contribution < -0.4 is 10.8 Å². The van der Waals surface area contributed by atoms with Crippen molar-refractivity contribution in [1.82, 2.24) is 9.58 Å². The molecule has 4 nitrogen and oxygen atoms in total. The van der Waals surface area contributed by atoms with Crippen LogP contribution in [0.25, 0.3) is 0 Å². The second-order valence-electron chi connectivity index (χ2n) is 3.17. The number of hydrazine groups is 1. The molecule has 1 N–H and O–H groups in total. The van der Waals surface area contributed by atoms with Gasteiger partial charge in [-0.1, -0.05) is 0 Å². The summed E-state index contributed by atoms with van der Waals surface area (Å²) in [5, 5.41) is 3.07. The van der Waals surface area contributed by atoms with Crippen LogP contribution in [0.1, 0.15) is 6.92 Å². The first-order chi connectivity index (χ1) is 6.29. The number of rotatable bonds is 1. The van der Waals surface area contributed by atoms with Crippen LogP contribution in [0, 0.1) is 0 Å². The zero-order chi connectivity index (χ0) is 9.26. The number of nitrogens with one attached hydrogen (secondary N) is 1. The van der Waals surface area contributed by atoms with Crippen LogP contribution >= 0.6 is 0 Å². The third kappa shape index (κ3) is 1.58. The molecule has 0 spiro atoms. The summed E-state index contributed by atoms with van der Waals surface area (Å²) in [5.74, 6) is 1.11. The molecule has 1 aromatic rings. The van der Waals surface area contributed by atoms with E-state index >= 15 is 0 Å². The molecule has 0 bridgehead atoms. The van der Waals surface area contributed by atoms with Crippen LogP contribution in [-0.2, 0) is 6.67 Å². The Morgan fingerprint density at radius 2 is 2.46 bits per heavy atom. The van der Waals surface area contributed by atoms with E-state index in [2.05, 4.69) is 27.2 Å². The minimum Gasteiger partial charge on any atom is -0.319 e. The second kappa shape index (κ2) is 3.22. The van der Waals surface area contributed by atoms with Crippen LogP contribution in [0.3, 0.4) is 0 Å². The summed E-state index contributed by atoms with van der Waals surface area (Å²) in [6, 6.07) is 4.10. The Morgan fingerprint density at radius 3 is 3.23 bits per heavy atom. The van der Waals surface area contributed by atoms with Crippen LogP contribution in [-0.4, -0.2) is 23.2 Å². The smallest absolute Gasteiger partial charge is 0.123 e. The van der Waals surface area contributed by atoms with Gasteiger partial charge in [0.25, 0.3) is 0 Å². The van der Waals surface area contributed by atoms with Gasteiger partial charge in [-0.3, -0.25) is 4.99 Å². The molecule has 0 saturated carbocycles. The number of anilines is 1. The molecule has 0 fully saturated rings. The van der Waals surface area contributed by atoms with E-state index in [4.69, 9.17) is 0 Å². The molecule has 0 atom stereocenters. The lowest BCUT2D eigenvalue weighted by Gasteiger charge is -2.04. The minimum absolute atomic E-state index is 0.833. The highest BCUT2D eigenvalue weighted by atomic mass is 15.6. The van der Waals surface area contributed by atoms with Gasteiger partial charge < -0.3 is 9.99 Å². The summed E-state index contributed by atoms with van der Waals surface area (Å²) >= 11 is 0. The quantitative estimate of drug-likeness (QED) is 0.684. The number of fused-ring (bicyclic) bond motifs is 1. The first-order valence-corrected chi connectivity index (χ1v) is 4.48. The zero-order valence-corrected chi connectivity index (χ0v) is 7.99. The summed E-state index contributed by atoms with van der Waals surface area (Å²) in [6.07, 6.45) is 2.06. The zero-order valence-electron chi connectivity index (χ0n) is 7.99. The van der Waals surface area contributed by atoms with Gasteiger partial charge in [0, 0.05) is 25.9 Å². The van der Waals surface area contributed by atoms with Gasteiger partial charge in [-0.25, -0.2) is 5.01 Å². The predicted molar refractivity (Wildman–Crippen MR) is 51.9 cm³/mol. The molecule has 2 heterocycles. The van der Waals surface area contributed by atoms with E-state index in [9.17, 15) is 0 Å². The van der Waals surface area contributed by atoms with Crippen LogP contribution in [0.15, 0.2) is 23.3 Å². The Bertz CT molecular complexity index is 366. The van der Waals surface area contributed by atoms with Crippen LogP contribution in [0.4, 0.5) is 5.82 Å². The lowest BCUT2D eigenvalue weighted by molar-refractivity contribution is 0.369. The van der Waals surface area contributed by atoms with Crippen molar-refractivity contribution in [3.63, 3.8) is 0 Å². The lowest BCUT2D eigenvalue weighted by Crippen LogP contribution is -2.17. The van der Waals surface area contributed by atoms with Gasteiger partial charge in [-0.2, -0.15) is 0 Å². The standard InChI is InChI=1S/C9H14N4/c1-3-10-8-4-5-13-7-12(2)11-9(13)6-8/h4-6,11H,3,7H2,1-2H3. The van der Waals surface area contributed by atoms with Crippen molar-refractivity contribution < 1.29 is 0 Å². The topological polar surface area (TPSA) is 32.6 Å². The van der Waals surface area contributed by atoms with Crippen molar-refractivity contribution in [2.75, 3.05) is 19.0 Å². The molecule has 0 radical (unpaired) electrons. The Kier molecular flexibility index (Phi) is 2.06. The minimum atomic E-state index is 0.833. The molecule has 70 valence electrons. The number of hydrogen-bond acceptors (Lipinski definition) is 3. The fourth-order valence-electron chi connectivity index (χ4n) is 1.48. The molecular formula is C9H14N4. The summed E-state index contributed by atoms with van der Waals surface area (Å²) in [7, 11) is 2.02. The lowest BCUT2D eigenvalue weighted by atomic mass is 10.4. The average molecular weight is 178 g/mol. The Labute approximate surface area is 77.5 Å². The van der Waals surface area contributed by atoms with E-state index in [1.807, 2.05) is 25.0 Å². The van der Waals surface area contributed by atoms with E-state index < -0.39 is 0 Å². The highest BCUT2D eigenvalue weighted by Gasteiger charge is 2.10. The summed E-state index contributed by atoms with van der Waals surface area (Å²) in [5.41, 5.74) is 3.23. The fraction of sp³-hybridized carbons (Fsp3) is 0.444. The Balaban J connectivity index is 2.40. The van der Waals surface area contributed by atoms with Crippen molar-refractivity contribution in [3.05, 3.63) is 23.7 Å². The first kappa shape index (κ1) is 8.31. The molecular weight excluding hydrogens is 164 g/mol. The predicted octanol–water partition coefficient (Wildman–Crippen LogP) is 0.638. The third-order valence-electron chi connectivity index (χ3n) is 2.03. The molecule has 1 aliphatic rings. The van der Waals surface area contributed by atoms with E-state index in [1.54, 1.807) is 0 Å². The van der Waals surface area contributed by atoms with Gasteiger partial charge >= 0.3 is 0 Å². The normalized spacial score (nSPS) is 17.2. The van der Waals surface area contributed by atoms with E-state index in [0.29, 0.717) is 0 Å². The molecule has 1 aromatic heterocycles. The monoisotopic (exact) mass is 178 g/mol. The van der Waals surface area contributed by atoms with E-state index in [1.165, 1.54) is 0 Å². The van der Waals surface area contributed by atoms with Crippen molar-refractivity contribution in [1.29, 1.82) is 0 Å². The SMILES string of the molecule is CCN=c1ccn2c(c1)NN(C)C2. The van der Waals surface area contributed by atoms with Gasteiger partial charge in [0.2, 0.25) is 0 Å². The molecule has 2 rings (SSSR count). The average Bonchev–Trinajstić information content (AvgIpc) is 2.44. The number of hydrogen-bond donors (Lipinski definition) is 1. The summed E-state index contributed by atoms with van der Waals surface area (Å²) < 4.78 is 2.15. The molecule has 4 heteroatoms. The number of aromatic nitrogens is 1. The van der Waals surface area contributed by atoms with Crippen molar-refractivity contribution in [3.8, 4) is 0 Å². The molecule has 0 unspecified atom stereocenters. The maximum absolute atomic E-state index is 4.34. The molecule has 0 saturated heterocycles. The first-order valence-electron chi connectivity index (χ1n) is 4.48. The highest BCUT2D eigenvalue weighted by Crippen LogP contribution is 2.12. The van der Waals surface area contributed by atoms with Crippen LogP contribution in [0.5, 0.6) is 0 Å². The van der Waals surface area contributed by atoms with Crippen molar-refractivity contribution in [2.45, 2.75) is 13.6 Å². The van der Waals surface area contributed by atoms with Crippen LogP contribution in [0.2, 0.25) is 0 Å². The van der Waals surface area contributed by atoms with Gasteiger partial charge in [0.15, 0.2) is 0 Å². The van der Waals surface area contributed by atoms with Crippen molar-refractivity contribution in [2.24, 2.45) is 4.99 Å². The van der Waals surface area contributed by atoms with Crippen molar-refractivity contribution >= 4 is 5.82 Å². The van der Waals surface area contributed by atoms with E-state index in [0.717, 1.165) is 24.4 Å². The van der Waals surface area contributed by atoms with Gasteiger partial charge in [-0.05, 0) is 13.0 Å². The maximum Gasteiger partial charge on any atom is 0.123 e. The highest BCUT2D eigenvalue weighted by molar-refractivity contribution is 5.36. The molecule has 1 aliphatic heterocycles. The maximum atomic E-state index is 4.34. The second-order valence-corrected chi connectivity index (χ2v) is 3.17. The number of nitrogens with zero attached hydrogens (tertiary/aromatic N) is 3. The van der Waals surface area contributed by atoms with Gasteiger partial charge in [0.1, 0.15) is 5.82 Å². The Hall–Kier alpha value is -1.29. The summed E-state index contributed by atoms with van der Waals surface area (Å²) in [6.45, 7) is 3.76.